The molecule has 156 valence electrons. The molecule has 0 spiro atoms. The molecule has 0 amide bonds. The third kappa shape index (κ3) is 8.68. The first-order valence-electron chi connectivity index (χ1n) is 11.4. The molecule has 2 heteroatoms. The number of rotatable bonds is 9. The van der Waals surface area contributed by atoms with Gasteiger partial charge in [-0.05, 0) is 55.2 Å². The second-order valence-electron chi connectivity index (χ2n) is 8.43. The highest BCUT2D eigenvalue weighted by atomic mass is 16.7. The van der Waals surface area contributed by atoms with Crippen LogP contribution in [-0.4, -0.2) is 12.4 Å². The number of benzene rings is 1. The smallest absolute Gasteiger partial charge is 0.202 e. The van der Waals surface area contributed by atoms with Crippen molar-refractivity contribution in [3.63, 3.8) is 0 Å². The van der Waals surface area contributed by atoms with E-state index >= 15 is 0 Å². The van der Waals surface area contributed by atoms with Crippen LogP contribution in [0.1, 0.15) is 105 Å². The van der Waals surface area contributed by atoms with Crippen molar-refractivity contribution in [1.29, 1.82) is 0 Å². The summed E-state index contributed by atoms with van der Waals surface area (Å²) in [6, 6.07) is 8.73. The van der Waals surface area contributed by atoms with Crippen LogP contribution >= 0.6 is 0 Å². The van der Waals surface area contributed by atoms with E-state index in [-0.39, 0.29) is 6.29 Å². The van der Waals surface area contributed by atoms with E-state index in [4.69, 9.17) is 9.47 Å². The molecule has 2 rings (SSSR count). The lowest BCUT2D eigenvalue weighted by molar-refractivity contribution is -0.150. The highest BCUT2D eigenvalue weighted by molar-refractivity contribution is 5.29. The Hall–Kier alpha value is -1.02. The Bertz CT molecular complexity index is 472. The predicted octanol–water partition coefficient (Wildman–Crippen LogP) is 7.96. The summed E-state index contributed by atoms with van der Waals surface area (Å²) in [5.41, 5.74) is 1.43. The zero-order chi connectivity index (χ0) is 20.2. The highest BCUT2D eigenvalue weighted by Gasteiger charge is 2.23. The highest BCUT2D eigenvalue weighted by Crippen LogP contribution is 2.29. The fraction of sp³-hybridized carbons (Fsp3) is 0.760. The van der Waals surface area contributed by atoms with Crippen LogP contribution in [0, 0.1) is 11.8 Å². The maximum Gasteiger partial charge on any atom is 0.202 e. The first kappa shape index (κ1) is 24.0. The van der Waals surface area contributed by atoms with Gasteiger partial charge < -0.3 is 9.47 Å². The van der Waals surface area contributed by atoms with E-state index in [9.17, 15) is 0 Å². The summed E-state index contributed by atoms with van der Waals surface area (Å²) in [6.45, 7) is 15.2. The molecule has 1 saturated carbocycles. The van der Waals surface area contributed by atoms with Crippen molar-refractivity contribution in [1.82, 2.24) is 0 Å². The van der Waals surface area contributed by atoms with Crippen LogP contribution in [0.2, 0.25) is 0 Å². The van der Waals surface area contributed by atoms with Crippen LogP contribution in [0.4, 0.5) is 0 Å². The van der Waals surface area contributed by atoms with E-state index in [1.807, 2.05) is 13.8 Å². The quantitative estimate of drug-likeness (QED) is 0.407. The van der Waals surface area contributed by atoms with Crippen molar-refractivity contribution < 1.29 is 9.47 Å². The number of hydrogen-bond acceptors (Lipinski definition) is 2. The molecule has 1 aliphatic rings. The van der Waals surface area contributed by atoms with Gasteiger partial charge in [-0.2, -0.15) is 0 Å². The average Bonchev–Trinajstić information content (AvgIpc) is 2.68. The predicted molar refractivity (Wildman–Crippen MR) is 117 cm³/mol. The van der Waals surface area contributed by atoms with E-state index in [2.05, 4.69) is 58.9 Å². The summed E-state index contributed by atoms with van der Waals surface area (Å²) in [7, 11) is 0. The van der Waals surface area contributed by atoms with E-state index in [1.165, 1.54) is 50.5 Å². The third-order valence-electron chi connectivity index (χ3n) is 5.28. The van der Waals surface area contributed by atoms with Gasteiger partial charge in [0.05, 0.1) is 6.10 Å². The van der Waals surface area contributed by atoms with Crippen molar-refractivity contribution in [2.45, 2.75) is 112 Å². The average molecular weight is 377 g/mol. The third-order valence-corrected chi connectivity index (χ3v) is 5.28. The first-order valence-corrected chi connectivity index (χ1v) is 11.4. The van der Waals surface area contributed by atoms with Crippen molar-refractivity contribution in [2.75, 3.05) is 0 Å². The van der Waals surface area contributed by atoms with Gasteiger partial charge in [-0.1, -0.05) is 79.9 Å². The topological polar surface area (TPSA) is 18.5 Å². The summed E-state index contributed by atoms with van der Waals surface area (Å²) in [5.74, 6) is 2.66. The molecule has 0 aromatic heterocycles. The fourth-order valence-electron chi connectivity index (χ4n) is 3.77. The lowest BCUT2D eigenvalue weighted by Gasteiger charge is -2.30. The van der Waals surface area contributed by atoms with Crippen molar-refractivity contribution in [3.05, 3.63) is 29.8 Å². The Balaban J connectivity index is 0.00000176. The zero-order valence-electron chi connectivity index (χ0n) is 19.0. The molecule has 1 aromatic carbocycles. The van der Waals surface area contributed by atoms with Gasteiger partial charge in [0.2, 0.25) is 6.29 Å². The molecule has 27 heavy (non-hydrogen) atoms. The van der Waals surface area contributed by atoms with Crippen LogP contribution in [0.3, 0.4) is 0 Å². The fourth-order valence-corrected chi connectivity index (χ4v) is 3.77. The number of hydrogen-bond donors (Lipinski definition) is 0. The minimum absolute atomic E-state index is 0.147. The maximum atomic E-state index is 6.29. The lowest BCUT2D eigenvalue weighted by Crippen LogP contribution is -2.32. The largest absolute Gasteiger partial charge is 0.465 e. The Morgan fingerprint density at radius 1 is 0.926 bits per heavy atom. The number of ether oxygens (including phenoxy) is 2. The molecule has 1 aliphatic carbocycles. The molecule has 0 N–H and O–H groups in total. The Morgan fingerprint density at radius 3 is 2.00 bits per heavy atom. The summed E-state index contributed by atoms with van der Waals surface area (Å²) < 4.78 is 12.5. The molecule has 0 bridgehead atoms. The van der Waals surface area contributed by atoms with Crippen molar-refractivity contribution in [2.24, 2.45) is 11.8 Å². The molecule has 1 fully saturated rings. The molecular formula is C25H44O2. The van der Waals surface area contributed by atoms with E-state index < -0.39 is 0 Å². The molecule has 0 radical (unpaired) electrons. The van der Waals surface area contributed by atoms with Gasteiger partial charge in [-0.15, -0.1) is 0 Å². The standard InChI is InChI=1S/C23H38O2.C2H6/c1-6-19(16-17(2)3)20-12-14-22(15-13-20)25-23(18(4)5)24-21-10-8-7-9-11-21;1-2/h12-15,17-19,21,23H,6-11,16H2,1-5H3;1-2H3. The second-order valence-corrected chi connectivity index (χ2v) is 8.43. The first-order chi connectivity index (χ1) is 13.0. The van der Waals surface area contributed by atoms with Gasteiger partial charge in [0.25, 0.3) is 0 Å². The maximum absolute atomic E-state index is 6.29. The van der Waals surface area contributed by atoms with E-state index in [1.54, 1.807) is 0 Å². The van der Waals surface area contributed by atoms with Crippen LogP contribution in [0.15, 0.2) is 24.3 Å². The second kappa shape index (κ2) is 13.2. The van der Waals surface area contributed by atoms with Crippen molar-refractivity contribution in [3.8, 4) is 5.75 Å². The Morgan fingerprint density at radius 2 is 1.52 bits per heavy atom. The molecule has 2 atom stereocenters. The SMILES string of the molecule is CC.CCC(CC(C)C)c1ccc(OC(OC2CCCCC2)C(C)C)cc1. The van der Waals surface area contributed by atoms with Crippen LogP contribution < -0.4 is 4.74 Å². The van der Waals surface area contributed by atoms with Gasteiger partial charge in [-0.25, -0.2) is 0 Å². The van der Waals surface area contributed by atoms with Gasteiger partial charge in [0.1, 0.15) is 5.75 Å². The molecule has 1 aromatic rings. The van der Waals surface area contributed by atoms with Gasteiger partial charge in [-0.3, -0.25) is 0 Å². The normalized spacial score (nSPS) is 17.4. The summed E-state index contributed by atoms with van der Waals surface area (Å²) >= 11 is 0. The molecule has 0 heterocycles. The minimum atomic E-state index is -0.147. The molecule has 2 unspecified atom stereocenters. The Kier molecular flexibility index (Phi) is 11.7. The Labute approximate surface area is 169 Å². The van der Waals surface area contributed by atoms with E-state index in [0.717, 1.165) is 11.7 Å². The van der Waals surface area contributed by atoms with Gasteiger partial charge in [0, 0.05) is 5.92 Å². The zero-order valence-corrected chi connectivity index (χ0v) is 19.0. The van der Waals surface area contributed by atoms with Crippen LogP contribution in [-0.2, 0) is 4.74 Å². The van der Waals surface area contributed by atoms with Crippen LogP contribution in [0.25, 0.3) is 0 Å². The van der Waals surface area contributed by atoms with Crippen LogP contribution in [0.5, 0.6) is 5.75 Å². The minimum Gasteiger partial charge on any atom is -0.465 e. The monoisotopic (exact) mass is 376 g/mol. The summed E-state index contributed by atoms with van der Waals surface area (Å²) in [6.07, 6.45) is 8.95. The summed E-state index contributed by atoms with van der Waals surface area (Å²) in [4.78, 5) is 0. The molecular weight excluding hydrogens is 332 g/mol. The lowest BCUT2D eigenvalue weighted by atomic mass is 9.88. The van der Waals surface area contributed by atoms with E-state index in [0.29, 0.717) is 17.9 Å². The van der Waals surface area contributed by atoms with Crippen molar-refractivity contribution >= 4 is 0 Å². The molecule has 0 saturated heterocycles. The van der Waals surface area contributed by atoms with Gasteiger partial charge in [0.15, 0.2) is 0 Å². The molecule has 2 nitrogen and oxygen atoms in total. The summed E-state index contributed by atoms with van der Waals surface area (Å²) in [5, 5.41) is 0. The van der Waals surface area contributed by atoms with Gasteiger partial charge >= 0.3 is 0 Å². The molecule has 0 aliphatic heterocycles.